The minimum absolute atomic E-state index is 0.0282. The molecule has 0 aromatic heterocycles. The summed E-state index contributed by atoms with van der Waals surface area (Å²) in [5.41, 5.74) is 0.326. The molecule has 2 bridgehead atoms. The van der Waals surface area contributed by atoms with E-state index in [-0.39, 0.29) is 24.2 Å². The number of nitrogens with zero attached hydrogens (tertiary/aromatic N) is 1. The zero-order chi connectivity index (χ0) is 12.3. The van der Waals surface area contributed by atoms with E-state index in [1.807, 2.05) is 17.2 Å². The van der Waals surface area contributed by atoms with Crippen LogP contribution in [0.5, 0.6) is 0 Å². The molecule has 96 valence electrons. The predicted molar refractivity (Wildman–Crippen MR) is 61.3 cm³/mol. The maximum atomic E-state index is 11.6. The Morgan fingerprint density at radius 1 is 1.50 bits per heavy atom. The zero-order valence-electron chi connectivity index (χ0n) is 9.91. The molecule has 0 amide bonds. The van der Waals surface area contributed by atoms with Gasteiger partial charge in [0.05, 0.1) is 12.1 Å². The van der Waals surface area contributed by atoms with Crippen molar-refractivity contribution in [2.45, 2.75) is 43.1 Å². The Hall–Kier alpha value is -1.17. The van der Waals surface area contributed by atoms with Crippen molar-refractivity contribution < 1.29 is 19.5 Å². The molecule has 0 aromatic rings. The first-order chi connectivity index (χ1) is 8.67. The molecule has 0 unspecified atom stereocenters. The standard InChI is InChI=1S/C13H15NO4/c15-9-3-4-14-11(6-9)13-7-10(18-14)2-1-8(13)5-12(16)17-13/h1-2,5,9-11,15H,3-4,6-7H2/t9-,10-,11-,13-/m0/s1. The lowest BCUT2D eigenvalue weighted by Gasteiger charge is -2.53. The number of ether oxygens (including phenoxy) is 1. The molecule has 5 heteroatoms. The van der Waals surface area contributed by atoms with Crippen molar-refractivity contribution in [1.29, 1.82) is 0 Å². The lowest BCUT2D eigenvalue weighted by atomic mass is 9.74. The van der Waals surface area contributed by atoms with E-state index >= 15 is 0 Å². The highest BCUT2D eigenvalue weighted by Gasteiger charge is 2.58. The van der Waals surface area contributed by atoms with Crippen molar-refractivity contribution in [1.82, 2.24) is 5.06 Å². The summed E-state index contributed by atoms with van der Waals surface area (Å²) >= 11 is 0. The molecule has 3 heterocycles. The summed E-state index contributed by atoms with van der Waals surface area (Å²) in [6.45, 7) is 0.683. The molecule has 18 heavy (non-hydrogen) atoms. The third kappa shape index (κ3) is 1.29. The van der Waals surface area contributed by atoms with Crippen molar-refractivity contribution in [3.8, 4) is 0 Å². The maximum Gasteiger partial charge on any atom is 0.332 e. The number of hydrogen-bond donors (Lipinski definition) is 1. The number of carbonyl (C=O) groups excluding carboxylic acids is 1. The van der Waals surface area contributed by atoms with Crippen LogP contribution in [0.3, 0.4) is 0 Å². The van der Waals surface area contributed by atoms with Crippen molar-refractivity contribution in [2.75, 3.05) is 6.54 Å². The van der Waals surface area contributed by atoms with Gasteiger partial charge in [0.25, 0.3) is 0 Å². The van der Waals surface area contributed by atoms with E-state index in [4.69, 9.17) is 9.57 Å². The number of aliphatic hydroxyl groups is 1. The smallest absolute Gasteiger partial charge is 0.332 e. The van der Waals surface area contributed by atoms with Crippen LogP contribution in [0.25, 0.3) is 0 Å². The van der Waals surface area contributed by atoms with E-state index in [9.17, 15) is 9.90 Å². The van der Waals surface area contributed by atoms with Gasteiger partial charge in [-0.05, 0) is 12.8 Å². The normalized spacial score (nSPS) is 46.2. The molecule has 4 aliphatic rings. The third-order valence-electron chi connectivity index (χ3n) is 4.37. The van der Waals surface area contributed by atoms with E-state index in [2.05, 4.69) is 0 Å². The second kappa shape index (κ2) is 3.44. The summed E-state index contributed by atoms with van der Waals surface area (Å²) in [5, 5.41) is 11.8. The van der Waals surface area contributed by atoms with E-state index in [1.165, 1.54) is 0 Å². The molecule has 0 radical (unpaired) electrons. The summed E-state index contributed by atoms with van der Waals surface area (Å²) in [5.74, 6) is -0.280. The van der Waals surface area contributed by atoms with Gasteiger partial charge < -0.3 is 9.84 Å². The number of fused-ring (bicyclic) bond motifs is 2. The molecule has 5 nitrogen and oxygen atoms in total. The predicted octanol–water partition coefficient (Wildman–Crippen LogP) is 0.307. The van der Waals surface area contributed by atoms with Gasteiger partial charge in [0.1, 0.15) is 6.10 Å². The van der Waals surface area contributed by atoms with Crippen LogP contribution in [0, 0.1) is 0 Å². The van der Waals surface area contributed by atoms with Gasteiger partial charge in [0, 0.05) is 24.6 Å². The quantitative estimate of drug-likeness (QED) is 0.626. The lowest BCUT2D eigenvalue weighted by Crippen LogP contribution is -2.64. The first-order valence-electron chi connectivity index (χ1n) is 6.42. The van der Waals surface area contributed by atoms with E-state index in [0.717, 1.165) is 5.57 Å². The molecular weight excluding hydrogens is 234 g/mol. The summed E-state index contributed by atoms with van der Waals surface area (Å²) in [4.78, 5) is 17.5. The number of carbonyl (C=O) groups is 1. The van der Waals surface area contributed by atoms with Crippen LogP contribution in [0.1, 0.15) is 19.3 Å². The third-order valence-corrected chi connectivity index (χ3v) is 4.37. The first kappa shape index (κ1) is 10.7. The minimum atomic E-state index is -0.601. The van der Waals surface area contributed by atoms with Gasteiger partial charge in [-0.2, -0.15) is 5.06 Å². The summed E-state index contributed by atoms with van der Waals surface area (Å²) in [7, 11) is 0. The van der Waals surface area contributed by atoms with Crippen molar-refractivity contribution in [3.05, 3.63) is 23.8 Å². The summed E-state index contributed by atoms with van der Waals surface area (Å²) < 4.78 is 5.63. The van der Waals surface area contributed by atoms with Gasteiger partial charge in [-0.3, -0.25) is 4.84 Å². The molecule has 2 saturated heterocycles. The van der Waals surface area contributed by atoms with Crippen LogP contribution in [-0.2, 0) is 14.4 Å². The second-order valence-electron chi connectivity index (χ2n) is 5.45. The fraction of sp³-hybridized carbons (Fsp3) is 0.615. The topological polar surface area (TPSA) is 59.0 Å². The Kier molecular flexibility index (Phi) is 2.05. The Morgan fingerprint density at radius 3 is 3.28 bits per heavy atom. The first-order valence-corrected chi connectivity index (χ1v) is 6.42. The van der Waals surface area contributed by atoms with Crippen LogP contribution in [0.4, 0.5) is 0 Å². The van der Waals surface area contributed by atoms with Gasteiger partial charge in [-0.15, -0.1) is 0 Å². The lowest BCUT2D eigenvalue weighted by molar-refractivity contribution is -0.298. The van der Waals surface area contributed by atoms with Crippen molar-refractivity contribution >= 4 is 5.97 Å². The molecule has 1 aliphatic carbocycles. The Morgan fingerprint density at radius 2 is 2.39 bits per heavy atom. The van der Waals surface area contributed by atoms with Crippen LogP contribution in [0.2, 0.25) is 0 Å². The SMILES string of the molecule is O=C1C=C2C=C[C@H]3C[C@@]2(O1)[C@@H]1C[C@@H](O)CCN1O3. The molecule has 1 spiro atoms. The number of esters is 1. The molecular formula is C13H15NO4. The van der Waals surface area contributed by atoms with Crippen LogP contribution in [-0.4, -0.2) is 46.5 Å². The molecule has 2 fully saturated rings. The molecule has 0 aromatic carbocycles. The second-order valence-corrected chi connectivity index (χ2v) is 5.45. The summed E-state index contributed by atoms with van der Waals surface area (Å²) in [6, 6.07) is -0.0693. The average molecular weight is 249 g/mol. The van der Waals surface area contributed by atoms with Crippen molar-refractivity contribution in [3.63, 3.8) is 0 Å². The van der Waals surface area contributed by atoms with Crippen molar-refractivity contribution in [2.24, 2.45) is 0 Å². The van der Waals surface area contributed by atoms with Gasteiger partial charge in [-0.25, -0.2) is 4.79 Å². The molecule has 1 N–H and O–H groups in total. The van der Waals surface area contributed by atoms with Gasteiger partial charge in [0.15, 0.2) is 5.60 Å². The fourth-order valence-electron chi connectivity index (χ4n) is 3.56. The highest BCUT2D eigenvalue weighted by molar-refractivity contribution is 5.88. The Bertz CT molecular complexity index is 472. The van der Waals surface area contributed by atoms with Gasteiger partial charge in [-0.1, -0.05) is 12.2 Å². The van der Waals surface area contributed by atoms with Gasteiger partial charge >= 0.3 is 5.97 Å². The highest BCUT2D eigenvalue weighted by Crippen LogP contribution is 2.48. The van der Waals surface area contributed by atoms with Gasteiger partial charge in [0.2, 0.25) is 0 Å². The maximum absolute atomic E-state index is 11.6. The molecule has 3 aliphatic heterocycles. The number of aliphatic hydroxyl groups excluding tert-OH is 1. The highest BCUT2D eigenvalue weighted by atomic mass is 16.7. The Balaban J connectivity index is 1.79. The number of hydrogen-bond acceptors (Lipinski definition) is 5. The zero-order valence-corrected chi connectivity index (χ0v) is 9.91. The van der Waals surface area contributed by atoms with E-state index in [0.29, 0.717) is 25.8 Å². The monoisotopic (exact) mass is 249 g/mol. The summed E-state index contributed by atoms with van der Waals surface area (Å²) in [6.07, 6.45) is 7.06. The molecule has 4 rings (SSSR count). The van der Waals surface area contributed by atoms with E-state index in [1.54, 1.807) is 6.08 Å². The number of piperidine rings is 1. The minimum Gasteiger partial charge on any atom is -0.449 e. The largest absolute Gasteiger partial charge is 0.449 e. The van der Waals surface area contributed by atoms with Crippen LogP contribution < -0.4 is 0 Å². The van der Waals surface area contributed by atoms with Crippen LogP contribution >= 0.6 is 0 Å². The number of hydroxylamine groups is 2. The number of rotatable bonds is 0. The molecule has 0 saturated carbocycles. The van der Waals surface area contributed by atoms with Crippen LogP contribution in [0.15, 0.2) is 23.8 Å². The average Bonchev–Trinajstić information content (AvgIpc) is 2.66. The fourth-order valence-corrected chi connectivity index (χ4v) is 3.56. The van der Waals surface area contributed by atoms with E-state index < -0.39 is 5.60 Å². The Labute approximate surface area is 105 Å². The molecule has 4 atom stereocenters.